The van der Waals surface area contributed by atoms with E-state index >= 15 is 0 Å². The highest BCUT2D eigenvalue weighted by atomic mass is 16.5. The Morgan fingerprint density at radius 3 is 2.15 bits per heavy atom. The summed E-state index contributed by atoms with van der Waals surface area (Å²) < 4.78 is 5.98. The summed E-state index contributed by atoms with van der Waals surface area (Å²) in [7, 11) is 0. The van der Waals surface area contributed by atoms with Gasteiger partial charge in [0.1, 0.15) is 11.8 Å². The van der Waals surface area contributed by atoms with Gasteiger partial charge in [0, 0.05) is 19.0 Å². The number of aryl methyl sites for hydroxylation is 1. The van der Waals surface area contributed by atoms with E-state index in [1.54, 1.807) is 4.90 Å². The largest absolute Gasteiger partial charge is 0.484 e. The zero-order chi connectivity index (χ0) is 28.5. The van der Waals surface area contributed by atoms with E-state index < -0.39 is 6.04 Å². The zero-order valence-electron chi connectivity index (χ0n) is 24.5. The molecular formula is C35H44N2O3. The lowest BCUT2D eigenvalue weighted by atomic mass is 9.87. The van der Waals surface area contributed by atoms with Crippen LogP contribution in [0.25, 0.3) is 0 Å². The van der Waals surface area contributed by atoms with Gasteiger partial charge < -0.3 is 15.0 Å². The van der Waals surface area contributed by atoms with Gasteiger partial charge in [-0.05, 0) is 54.0 Å². The predicted octanol–water partition coefficient (Wildman–Crippen LogP) is 6.76. The maximum absolute atomic E-state index is 13.9. The number of hydrogen-bond donors (Lipinski definition) is 1. The predicted molar refractivity (Wildman–Crippen MR) is 161 cm³/mol. The topological polar surface area (TPSA) is 58.6 Å². The SMILES string of the molecule is Cc1ccc(CN(C(=O)COc2ccc(C(C)(C)C)cc2)C(Cc2ccccc2)C(=O)NC2CCCCC2)cc1. The average Bonchev–Trinajstić information content (AvgIpc) is 2.95. The first-order chi connectivity index (χ1) is 19.2. The van der Waals surface area contributed by atoms with Crippen molar-refractivity contribution < 1.29 is 14.3 Å². The number of nitrogens with zero attached hydrogens (tertiary/aromatic N) is 1. The molecule has 0 saturated heterocycles. The van der Waals surface area contributed by atoms with Gasteiger partial charge in [-0.2, -0.15) is 0 Å². The average molecular weight is 541 g/mol. The van der Waals surface area contributed by atoms with E-state index in [2.05, 4.69) is 26.1 Å². The summed E-state index contributed by atoms with van der Waals surface area (Å²) in [5.74, 6) is 0.342. The molecule has 0 bridgehead atoms. The molecule has 4 rings (SSSR count). The van der Waals surface area contributed by atoms with Crippen molar-refractivity contribution in [3.8, 4) is 5.75 Å². The van der Waals surface area contributed by atoms with Crippen LogP contribution in [-0.2, 0) is 28.0 Å². The first-order valence-electron chi connectivity index (χ1n) is 14.6. The maximum atomic E-state index is 13.9. The summed E-state index contributed by atoms with van der Waals surface area (Å²) >= 11 is 0. The minimum absolute atomic E-state index is 0.0372. The summed E-state index contributed by atoms with van der Waals surface area (Å²) in [4.78, 5) is 29.4. The van der Waals surface area contributed by atoms with Crippen molar-refractivity contribution in [2.45, 2.75) is 90.3 Å². The maximum Gasteiger partial charge on any atom is 0.261 e. The van der Waals surface area contributed by atoms with Gasteiger partial charge in [0.05, 0.1) is 0 Å². The van der Waals surface area contributed by atoms with Crippen molar-refractivity contribution in [2.24, 2.45) is 0 Å². The lowest BCUT2D eigenvalue weighted by Gasteiger charge is -2.33. The monoisotopic (exact) mass is 540 g/mol. The number of carbonyl (C=O) groups excluding carboxylic acids is 2. The van der Waals surface area contributed by atoms with E-state index in [4.69, 9.17) is 4.74 Å². The molecule has 212 valence electrons. The normalized spacial score (nSPS) is 14.8. The quantitative estimate of drug-likeness (QED) is 0.309. The molecule has 1 saturated carbocycles. The molecule has 3 aromatic rings. The number of ether oxygens (including phenoxy) is 1. The number of carbonyl (C=O) groups is 2. The third-order valence-corrected chi connectivity index (χ3v) is 7.78. The standard InChI is InChI=1S/C35H44N2O3/c1-26-15-17-28(18-16-26)24-37(33(38)25-40-31-21-19-29(20-22-31)35(2,3)4)32(23-27-11-7-5-8-12-27)34(39)36-30-13-9-6-10-14-30/h5,7-8,11-12,15-22,30,32H,6,9-10,13-14,23-25H2,1-4H3,(H,36,39). The van der Waals surface area contributed by atoms with E-state index in [0.29, 0.717) is 18.7 Å². The third-order valence-electron chi connectivity index (χ3n) is 7.78. The second kappa shape index (κ2) is 13.6. The molecule has 1 N–H and O–H groups in total. The molecule has 0 aromatic heterocycles. The van der Waals surface area contributed by atoms with Gasteiger partial charge in [0.25, 0.3) is 5.91 Å². The second-order valence-electron chi connectivity index (χ2n) is 12.1. The lowest BCUT2D eigenvalue weighted by molar-refractivity contribution is -0.143. The van der Waals surface area contributed by atoms with Gasteiger partial charge in [-0.25, -0.2) is 0 Å². The van der Waals surface area contributed by atoms with Gasteiger partial charge >= 0.3 is 0 Å². The first-order valence-corrected chi connectivity index (χ1v) is 14.6. The molecule has 1 atom stereocenters. The van der Waals surface area contributed by atoms with E-state index in [-0.39, 0.29) is 29.9 Å². The van der Waals surface area contributed by atoms with Crippen molar-refractivity contribution >= 4 is 11.8 Å². The van der Waals surface area contributed by atoms with Crippen LogP contribution in [0.1, 0.15) is 75.1 Å². The minimum atomic E-state index is -0.648. The highest BCUT2D eigenvalue weighted by Crippen LogP contribution is 2.25. The Morgan fingerprint density at radius 1 is 0.875 bits per heavy atom. The molecule has 5 heteroatoms. The van der Waals surface area contributed by atoms with Crippen LogP contribution in [0.3, 0.4) is 0 Å². The highest BCUT2D eigenvalue weighted by Gasteiger charge is 2.32. The molecule has 5 nitrogen and oxygen atoms in total. The summed E-state index contributed by atoms with van der Waals surface area (Å²) in [6.07, 6.45) is 5.89. The molecule has 0 heterocycles. The van der Waals surface area contributed by atoms with Crippen molar-refractivity contribution in [3.05, 3.63) is 101 Å². The third kappa shape index (κ3) is 8.45. The van der Waals surface area contributed by atoms with E-state index in [1.807, 2.05) is 85.8 Å². The zero-order valence-corrected chi connectivity index (χ0v) is 24.5. The van der Waals surface area contributed by atoms with Gasteiger partial charge in [-0.1, -0.05) is 112 Å². The number of benzene rings is 3. The Balaban J connectivity index is 1.58. The molecule has 0 aliphatic heterocycles. The molecule has 1 aliphatic rings. The van der Waals surface area contributed by atoms with Crippen molar-refractivity contribution in [2.75, 3.05) is 6.61 Å². The Kier molecular flexibility index (Phi) is 10.0. The van der Waals surface area contributed by atoms with Crippen molar-refractivity contribution in [1.82, 2.24) is 10.2 Å². The fourth-order valence-corrected chi connectivity index (χ4v) is 5.27. The molecular weight excluding hydrogens is 496 g/mol. The van der Waals surface area contributed by atoms with Gasteiger partial charge in [0.2, 0.25) is 5.91 Å². The second-order valence-corrected chi connectivity index (χ2v) is 12.1. The number of nitrogens with one attached hydrogen (secondary N) is 1. The molecule has 0 radical (unpaired) electrons. The highest BCUT2D eigenvalue weighted by molar-refractivity contribution is 5.88. The molecule has 40 heavy (non-hydrogen) atoms. The van der Waals surface area contributed by atoms with Gasteiger partial charge in [-0.15, -0.1) is 0 Å². The summed E-state index contributed by atoms with van der Waals surface area (Å²) in [5, 5.41) is 3.29. The number of hydrogen-bond acceptors (Lipinski definition) is 3. The number of rotatable bonds is 10. The van der Waals surface area contributed by atoms with Crippen LogP contribution in [0.15, 0.2) is 78.9 Å². The van der Waals surface area contributed by atoms with E-state index in [1.165, 1.54) is 12.0 Å². The van der Waals surface area contributed by atoms with E-state index in [0.717, 1.165) is 42.4 Å². The summed E-state index contributed by atoms with van der Waals surface area (Å²) in [6, 6.07) is 25.5. The molecule has 1 aliphatic carbocycles. The van der Waals surface area contributed by atoms with Crippen LogP contribution in [0.5, 0.6) is 5.75 Å². The first kappa shape index (κ1) is 29.4. The minimum Gasteiger partial charge on any atom is -0.484 e. The van der Waals surface area contributed by atoms with Gasteiger partial charge in [0.15, 0.2) is 6.61 Å². The van der Waals surface area contributed by atoms with Crippen LogP contribution in [0, 0.1) is 6.92 Å². The Bertz CT molecular complexity index is 1220. The van der Waals surface area contributed by atoms with Crippen LogP contribution >= 0.6 is 0 Å². The number of amides is 2. The summed E-state index contributed by atoms with van der Waals surface area (Å²) in [6.45, 7) is 8.74. The smallest absolute Gasteiger partial charge is 0.261 e. The Hall–Kier alpha value is -3.60. The van der Waals surface area contributed by atoms with Gasteiger partial charge in [-0.3, -0.25) is 9.59 Å². The fraction of sp³-hybridized carbons (Fsp3) is 0.429. The molecule has 2 amide bonds. The van der Waals surface area contributed by atoms with Crippen LogP contribution < -0.4 is 10.1 Å². The summed E-state index contributed by atoms with van der Waals surface area (Å²) in [5.41, 5.74) is 4.40. The molecule has 1 fully saturated rings. The van der Waals surface area contributed by atoms with Crippen LogP contribution in [-0.4, -0.2) is 35.4 Å². The lowest BCUT2D eigenvalue weighted by Crippen LogP contribution is -2.53. The van der Waals surface area contributed by atoms with Crippen LogP contribution in [0.2, 0.25) is 0 Å². The van der Waals surface area contributed by atoms with Crippen molar-refractivity contribution in [1.29, 1.82) is 0 Å². The van der Waals surface area contributed by atoms with Crippen molar-refractivity contribution in [3.63, 3.8) is 0 Å². The Morgan fingerprint density at radius 2 is 1.52 bits per heavy atom. The molecule has 0 spiro atoms. The molecule has 3 aromatic carbocycles. The molecule has 1 unspecified atom stereocenters. The van der Waals surface area contributed by atoms with Crippen LogP contribution in [0.4, 0.5) is 0 Å². The fourth-order valence-electron chi connectivity index (χ4n) is 5.27. The van der Waals surface area contributed by atoms with E-state index in [9.17, 15) is 9.59 Å². The Labute approximate surface area is 239 Å².